The van der Waals surface area contributed by atoms with E-state index in [1.807, 2.05) is 0 Å². The van der Waals surface area contributed by atoms with E-state index in [9.17, 15) is 0 Å². The number of nitrogens with zero attached hydrogens (tertiary/aromatic N) is 1. The number of ether oxygens (including phenoxy) is 1. The van der Waals surface area contributed by atoms with Gasteiger partial charge in [0.25, 0.3) is 0 Å². The summed E-state index contributed by atoms with van der Waals surface area (Å²) < 4.78 is 5.59. The van der Waals surface area contributed by atoms with Crippen molar-refractivity contribution in [2.24, 2.45) is 5.92 Å². The zero-order chi connectivity index (χ0) is 12.5. The first-order valence-electron chi connectivity index (χ1n) is 7.14. The molecule has 98 valence electrons. The van der Waals surface area contributed by atoms with Gasteiger partial charge >= 0.3 is 0 Å². The molecule has 0 spiro atoms. The lowest BCUT2D eigenvalue weighted by molar-refractivity contribution is 0.185. The van der Waals surface area contributed by atoms with Crippen LogP contribution in [0.3, 0.4) is 0 Å². The van der Waals surface area contributed by atoms with Crippen LogP contribution < -0.4 is 4.74 Å². The Morgan fingerprint density at radius 3 is 2.94 bits per heavy atom. The maximum absolute atomic E-state index is 5.59. The second-order valence-corrected chi connectivity index (χ2v) is 5.84. The fourth-order valence-electron chi connectivity index (χ4n) is 3.87. The van der Waals surface area contributed by atoms with Crippen molar-refractivity contribution in [1.29, 1.82) is 0 Å². The summed E-state index contributed by atoms with van der Waals surface area (Å²) in [7, 11) is 4.06. The van der Waals surface area contributed by atoms with Crippen molar-refractivity contribution < 1.29 is 4.74 Å². The van der Waals surface area contributed by atoms with Gasteiger partial charge in [-0.1, -0.05) is 12.1 Å². The van der Waals surface area contributed by atoms with Crippen molar-refractivity contribution in [3.63, 3.8) is 0 Å². The Morgan fingerprint density at radius 1 is 1.28 bits per heavy atom. The molecule has 2 nitrogen and oxygen atoms in total. The van der Waals surface area contributed by atoms with Gasteiger partial charge in [0, 0.05) is 12.1 Å². The fourth-order valence-corrected chi connectivity index (χ4v) is 3.87. The third-order valence-corrected chi connectivity index (χ3v) is 4.70. The molecule has 1 aromatic carbocycles. The van der Waals surface area contributed by atoms with Crippen molar-refractivity contribution in [3.8, 4) is 5.75 Å². The van der Waals surface area contributed by atoms with Crippen molar-refractivity contribution in [3.05, 3.63) is 29.3 Å². The van der Waals surface area contributed by atoms with Gasteiger partial charge in [0.1, 0.15) is 5.75 Å². The second-order valence-electron chi connectivity index (χ2n) is 5.84. The third-order valence-electron chi connectivity index (χ3n) is 4.70. The minimum absolute atomic E-state index is 0.721. The summed E-state index contributed by atoms with van der Waals surface area (Å²) in [5.74, 6) is 2.66. The SMILES string of the molecule is COc1cccc2c1C(C1CCCN(C)C1)CC2. The molecule has 2 aliphatic rings. The average molecular weight is 245 g/mol. The molecule has 0 aromatic heterocycles. The van der Waals surface area contributed by atoms with E-state index >= 15 is 0 Å². The van der Waals surface area contributed by atoms with E-state index in [2.05, 4.69) is 30.1 Å². The molecule has 0 bridgehead atoms. The number of benzene rings is 1. The lowest BCUT2D eigenvalue weighted by atomic mass is 9.81. The first-order chi connectivity index (χ1) is 8.79. The van der Waals surface area contributed by atoms with E-state index in [4.69, 9.17) is 4.74 Å². The maximum Gasteiger partial charge on any atom is 0.122 e. The zero-order valence-electron chi connectivity index (χ0n) is 11.5. The Labute approximate surface area is 110 Å². The van der Waals surface area contributed by atoms with Gasteiger partial charge in [0.15, 0.2) is 0 Å². The van der Waals surface area contributed by atoms with E-state index in [0.717, 1.165) is 17.6 Å². The number of hydrogen-bond donors (Lipinski definition) is 0. The highest BCUT2D eigenvalue weighted by atomic mass is 16.5. The van der Waals surface area contributed by atoms with E-state index in [1.165, 1.54) is 49.9 Å². The standard InChI is InChI=1S/C16H23NO/c1-17-10-4-6-13(11-17)14-9-8-12-5-3-7-15(18-2)16(12)14/h3,5,7,13-14H,4,6,8-11H2,1-2H3. The van der Waals surface area contributed by atoms with Gasteiger partial charge in [-0.15, -0.1) is 0 Å². The quantitative estimate of drug-likeness (QED) is 0.794. The van der Waals surface area contributed by atoms with Crippen molar-refractivity contribution in [2.45, 2.75) is 31.6 Å². The molecule has 18 heavy (non-hydrogen) atoms. The van der Waals surface area contributed by atoms with Gasteiger partial charge in [-0.2, -0.15) is 0 Å². The normalized spacial score (nSPS) is 28.1. The largest absolute Gasteiger partial charge is 0.496 e. The number of fused-ring (bicyclic) bond motifs is 1. The lowest BCUT2D eigenvalue weighted by Crippen LogP contribution is -2.34. The lowest BCUT2D eigenvalue weighted by Gasteiger charge is -2.34. The van der Waals surface area contributed by atoms with Gasteiger partial charge in [-0.3, -0.25) is 0 Å². The number of piperidine rings is 1. The minimum Gasteiger partial charge on any atom is -0.496 e. The predicted octanol–water partition coefficient (Wildman–Crippen LogP) is 3.07. The summed E-state index contributed by atoms with van der Waals surface area (Å²) >= 11 is 0. The van der Waals surface area contributed by atoms with Crippen LogP contribution in [-0.4, -0.2) is 32.1 Å². The molecule has 2 unspecified atom stereocenters. The molecule has 3 rings (SSSR count). The predicted molar refractivity (Wildman–Crippen MR) is 74.3 cm³/mol. The van der Waals surface area contributed by atoms with Crippen LogP contribution in [0.4, 0.5) is 0 Å². The van der Waals surface area contributed by atoms with Gasteiger partial charge in [0.2, 0.25) is 0 Å². The Kier molecular flexibility index (Phi) is 3.29. The number of hydrogen-bond acceptors (Lipinski definition) is 2. The minimum atomic E-state index is 0.721. The molecule has 0 radical (unpaired) electrons. The van der Waals surface area contributed by atoms with E-state index < -0.39 is 0 Å². The van der Waals surface area contributed by atoms with Gasteiger partial charge in [0.05, 0.1) is 7.11 Å². The number of aryl methyl sites for hydroxylation is 1. The van der Waals surface area contributed by atoms with Crippen LogP contribution in [0.25, 0.3) is 0 Å². The molecule has 1 aliphatic heterocycles. The molecule has 1 aliphatic carbocycles. The highest BCUT2D eigenvalue weighted by molar-refractivity contribution is 5.46. The van der Waals surface area contributed by atoms with Crippen molar-refractivity contribution >= 4 is 0 Å². The third kappa shape index (κ3) is 2.03. The summed E-state index contributed by atoms with van der Waals surface area (Å²) in [6.45, 7) is 2.52. The molecule has 0 saturated carbocycles. The molecular formula is C16H23NO. The van der Waals surface area contributed by atoms with E-state index in [1.54, 1.807) is 7.11 Å². The summed E-state index contributed by atoms with van der Waals surface area (Å²) in [5.41, 5.74) is 3.04. The second kappa shape index (κ2) is 4.93. The number of methoxy groups -OCH3 is 1. The van der Waals surface area contributed by atoms with Crippen LogP contribution in [-0.2, 0) is 6.42 Å². The number of rotatable bonds is 2. The smallest absolute Gasteiger partial charge is 0.122 e. The van der Waals surface area contributed by atoms with Crippen LogP contribution in [0.1, 0.15) is 36.3 Å². The summed E-state index contributed by atoms with van der Waals surface area (Å²) in [4.78, 5) is 2.49. The van der Waals surface area contributed by atoms with Crippen molar-refractivity contribution in [1.82, 2.24) is 4.90 Å². The summed E-state index contributed by atoms with van der Waals surface area (Å²) in [6.07, 6.45) is 5.28. The van der Waals surface area contributed by atoms with Crippen LogP contribution in [0.2, 0.25) is 0 Å². The topological polar surface area (TPSA) is 12.5 Å². The Morgan fingerprint density at radius 2 is 2.17 bits per heavy atom. The Bertz CT molecular complexity index is 429. The van der Waals surface area contributed by atoms with E-state index in [-0.39, 0.29) is 0 Å². The molecule has 0 N–H and O–H groups in total. The highest BCUT2D eigenvalue weighted by Crippen LogP contribution is 2.45. The maximum atomic E-state index is 5.59. The van der Waals surface area contributed by atoms with Crippen LogP contribution in [0.5, 0.6) is 5.75 Å². The van der Waals surface area contributed by atoms with Crippen molar-refractivity contribution in [2.75, 3.05) is 27.2 Å². The average Bonchev–Trinajstić information content (AvgIpc) is 2.82. The first kappa shape index (κ1) is 12.0. The fraction of sp³-hybridized carbons (Fsp3) is 0.625. The van der Waals surface area contributed by atoms with Crippen LogP contribution >= 0.6 is 0 Å². The molecule has 1 saturated heterocycles. The van der Waals surface area contributed by atoms with Crippen LogP contribution in [0.15, 0.2) is 18.2 Å². The monoisotopic (exact) mass is 245 g/mol. The zero-order valence-corrected chi connectivity index (χ0v) is 11.5. The Hall–Kier alpha value is -1.02. The first-order valence-corrected chi connectivity index (χ1v) is 7.14. The molecule has 1 aromatic rings. The van der Waals surface area contributed by atoms with E-state index in [0.29, 0.717) is 0 Å². The summed E-state index contributed by atoms with van der Waals surface area (Å²) in [6, 6.07) is 6.54. The molecular weight excluding hydrogens is 222 g/mol. The molecule has 0 amide bonds. The summed E-state index contributed by atoms with van der Waals surface area (Å²) in [5, 5.41) is 0. The molecule has 1 fully saturated rings. The van der Waals surface area contributed by atoms with Gasteiger partial charge in [-0.25, -0.2) is 0 Å². The molecule has 1 heterocycles. The van der Waals surface area contributed by atoms with Gasteiger partial charge in [-0.05, 0) is 62.7 Å². The van der Waals surface area contributed by atoms with Crippen LogP contribution in [0, 0.1) is 5.92 Å². The molecule has 2 atom stereocenters. The highest BCUT2D eigenvalue weighted by Gasteiger charge is 2.33. The van der Waals surface area contributed by atoms with Gasteiger partial charge < -0.3 is 9.64 Å². The Balaban J connectivity index is 1.89. The number of likely N-dealkylation sites (tertiary alicyclic amines) is 1. The molecule has 2 heteroatoms.